The fraction of sp³-hybridized carbons (Fsp3) is 0.231. The van der Waals surface area contributed by atoms with Crippen LogP contribution in [0.15, 0.2) is 54.6 Å². The first kappa shape index (κ1) is 15.0. The van der Waals surface area contributed by atoms with Crippen LogP contribution in [0, 0.1) is 0 Å². The third-order valence-corrected chi connectivity index (χ3v) is 1.76. The summed E-state index contributed by atoms with van der Waals surface area (Å²) in [5.41, 5.74) is 0. The van der Waals surface area contributed by atoms with Crippen molar-refractivity contribution >= 4 is 0 Å². The Morgan fingerprint density at radius 1 is 1.00 bits per heavy atom. The molecule has 0 radical (unpaired) electrons. The largest absolute Gasteiger partial charge is 0.748 e. The molecule has 0 atom stereocenters. The molecule has 0 aliphatic carbocycles. The minimum atomic E-state index is 0. The number of aliphatic hydroxyl groups is 1. The molecule has 0 amide bonds. The zero-order valence-electron chi connectivity index (χ0n) is 9.03. The van der Waals surface area contributed by atoms with Crippen LogP contribution in [0.4, 0.5) is 0 Å². The fourth-order valence-corrected chi connectivity index (χ4v) is 1.03. The first-order valence-corrected chi connectivity index (χ1v) is 5.05. The fourth-order valence-electron chi connectivity index (χ4n) is 1.03. The van der Waals surface area contributed by atoms with Gasteiger partial charge in [-0.1, -0.05) is 0 Å². The summed E-state index contributed by atoms with van der Waals surface area (Å²) in [6, 6.07) is 17.7. The molecule has 0 spiro atoms. The van der Waals surface area contributed by atoms with E-state index in [1.54, 1.807) is 0 Å². The molecule has 16 heavy (non-hydrogen) atoms. The van der Waals surface area contributed by atoms with Crippen LogP contribution >= 0.6 is 0 Å². The van der Waals surface area contributed by atoms with Crippen LogP contribution < -0.4 is 4.74 Å². The third-order valence-electron chi connectivity index (χ3n) is 1.76. The Kier molecular flexibility index (Phi) is 9.83. The zero-order chi connectivity index (χ0) is 10.8. The third kappa shape index (κ3) is 7.29. The number of rotatable bonds is 4. The minimum Gasteiger partial charge on any atom is -0.748 e. The average Bonchev–Trinajstić information content (AvgIpc) is 2.94. The van der Waals surface area contributed by atoms with E-state index in [-0.39, 0.29) is 23.7 Å². The van der Waals surface area contributed by atoms with Crippen molar-refractivity contribution in [1.29, 1.82) is 0 Å². The van der Waals surface area contributed by atoms with Crippen LogP contribution in [0.25, 0.3) is 0 Å². The summed E-state index contributed by atoms with van der Waals surface area (Å²) in [5.74, 6) is 0.883. The van der Waals surface area contributed by atoms with Crippen LogP contribution in [0.2, 0.25) is 0 Å². The first-order chi connectivity index (χ1) is 7.43. The molecule has 1 N–H and O–H groups in total. The molecular weight excluding hydrogens is 244 g/mol. The van der Waals surface area contributed by atoms with Crippen molar-refractivity contribution in [1.82, 2.24) is 0 Å². The molecule has 94 valence electrons. The Bertz CT molecular complexity index is 283. The Balaban J connectivity index is 0.000000318. The summed E-state index contributed by atoms with van der Waals surface area (Å²) in [6.45, 7) is 0.793. The van der Waals surface area contributed by atoms with Crippen LogP contribution in [-0.2, 0) is 17.1 Å². The maximum absolute atomic E-state index is 8.41. The monoisotopic (exact) mass is 260 g/mol. The molecular formula is C13H16FeO2-6. The number of hydrogen-bond donors (Lipinski definition) is 1. The maximum atomic E-state index is 8.41. The van der Waals surface area contributed by atoms with E-state index in [1.807, 2.05) is 54.6 Å². The van der Waals surface area contributed by atoms with E-state index < -0.39 is 0 Å². The SMILES string of the molecule is OCCCO[c-]1cccc1.[Fe].[cH-]1[cH-][cH-][cH-][cH-]1. The zero-order valence-corrected chi connectivity index (χ0v) is 10.1. The van der Waals surface area contributed by atoms with Crippen LogP contribution in [0.3, 0.4) is 0 Å². The molecule has 0 aromatic heterocycles. The normalized spacial score (nSPS) is 8.56. The van der Waals surface area contributed by atoms with Gasteiger partial charge in [0.05, 0.1) is 6.61 Å². The van der Waals surface area contributed by atoms with E-state index in [0.29, 0.717) is 13.0 Å². The summed E-state index contributed by atoms with van der Waals surface area (Å²) in [4.78, 5) is 0. The van der Waals surface area contributed by atoms with Crippen LogP contribution in [0.5, 0.6) is 5.75 Å². The van der Waals surface area contributed by atoms with E-state index >= 15 is 0 Å². The van der Waals surface area contributed by atoms with Crippen molar-refractivity contribution in [3.05, 3.63) is 54.6 Å². The van der Waals surface area contributed by atoms with Gasteiger partial charge in [-0.15, -0.1) is 12.1 Å². The molecule has 2 nitrogen and oxygen atoms in total. The molecule has 3 heteroatoms. The van der Waals surface area contributed by atoms with Crippen molar-refractivity contribution in [3.63, 3.8) is 0 Å². The first-order valence-electron chi connectivity index (χ1n) is 5.05. The van der Waals surface area contributed by atoms with Gasteiger partial charge in [-0.2, -0.15) is 0 Å². The summed E-state index contributed by atoms with van der Waals surface area (Å²) >= 11 is 0. The van der Waals surface area contributed by atoms with Crippen molar-refractivity contribution in [2.24, 2.45) is 0 Å². The number of ether oxygens (including phenoxy) is 1. The van der Waals surface area contributed by atoms with Gasteiger partial charge in [-0.3, -0.25) is 0 Å². The molecule has 0 fully saturated rings. The quantitative estimate of drug-likeness (QED) is 0.520. The second-order valence-electron chi connectivity index (χ2n) is 3.01. The molecule has 0 saturated carbocycles. The topological polar surface area (TPSA) is 29.5 Å². The van der Waals surface area contributed by atoms with Gasteiger partial charge in [0, 0.05) is 35.8 Å². The van der Waals surface area contributed by atoms with Crippen LogP contribution in [-0.4, -0.2) is 18.3 Å². The van der Waals surface area contributed by atoms with E-state index in [9.17, 15) is 0 Å². The number of hydrogen-bond acceptors (Lipinski definition) is 2. The van der Waals surface area contributed by atoms with Gasteiger partial charge in [0.15, 0.2) is 0 Å². The van der Waals surface area contributed by atoms with Gasteiger partial charge in [-0.05, 0) is 0 Å². The predicted molar refractivity (Wildman–Crippen MR) is 61.3 cm³/mol. The molecule has 0 aliphatic heterocycles. The molecule has 2 aromatic rings. The van der Waals surface area contributed by atoms with E-state index in [4.69, 9.17) is 9.84 Å². The predicted octanol–water partition coefficient (Wildman–Crippen LogP) is 2.57. The molecule has 0 heterocycles. The molecule has 0 unspecified atom stereocenters. The molecule has 2 rings (SSSR count). The Morgan fingerprint density at radius 3 is 1.94 bits per heavy atom. The summed E-state index contributed by atoms with van der Waals surface area (Å²) < 4.78 is 5.23. The molecule has 0 saturated heterocycles. The van der Waals surface area contributed by atoms with Gasteiger partial charge < -0.3 is 40.2 Å². The minimum absolute atomic E-state index is 0. The van der Waals surface area contributed by atoms with Crippen molar-refractivity contribution in [2.75, 3.05) is 13.2 Å². The maximum Gasteiger partial charge on any atom is 0.0736 e. The van der Waals surface area contributed by atoms with Crippen molar-refractivity contribution < 1.29 is 26.9 Å². The van der Waals surface area contributed by atoms with Gasteiger partial charge in [0.2, 0.25) is 0 Å². The van der Waals surface area contributed by atoms with Crippen LogP contribution in [0.1, 0.15) is 6.42 Å². The van der Waals surface area contributed by atoms with E-state index in [1.165, 1.54) is 0 Å². The Morgan fingerprint density at radius 2 is 1.50 bits per heavy atom. The van der Waals surface area contributed by atoms with E-state index in [2.05, 4.69) is 0 Å². The van der Waals surface area contributed by atoms with Gasteiger partial charge in [-0.25, -0.2) is 12.1 Å². The van der Waals surface area contributed by atoms with Crippen molar-refractivity contribution in [3.8, 4) is 5.75 Å². The molecule has 2 aromatic carbocycles. The van der Waals surface area contributed by atoms with Gasteiger partial charge >= 0.3 is 0 Å². The van der Waals surface area contributed by atoms with E-state index in [0.717, 1.165) is 5.75 Å². The smallest absolute Gasteiger partial charge is 0.0736 e. The Labute approximate surface area is 107 Å². The summed E-state index contributed by atoms with van der Waals surface area (Å²) in [5, 5.41) is 8.41. The summed E-state index contributed by atoms with van der Waals surface area (Å²) in [6.07, 6.45) is 0.700. The van der Waals surface area contributed by atoms with Crippen molar-refractivity contribution in [2.45, 2.75) is 6.42 Å². The molecule has 0 bridgehead atoms. The summed E-state index contributed by atoms with van der Waals surface area (Å²) in [7, 11) is 0. The second kappa shape index (κ2) is 10.5. The standard InChI is InChI=1S/C8H11O2.C5H5.Fe/c9-6-3-7-10-8-4-1-2-5-8;1-2-4-5-3-1;/h1-2,4-5,9H,3,6-7H2;1-5H;/q-1;-5;. The Hall–Kier alpha value is -1.02. The van der Waals surface area contributed by atoms with Gasteiger partial charge in [0.25, 0.3) is 0 Å². The average molecular weight is 260 g/mol. The molecule has 0 aliphatic rings. The van der Waals surface area contributed by atoms with Gasteiger partial charge in [0.1, 0.15) is 0 Å². The number of aliphatic hydroxyl groups excluding tert-OH is 1. The second-order valence-corrected chi connectivity index (χ2v) is 3.01.